The summed E-state index contributed by atoms with van der Waals surface area (Å²) in [5.74, 6) is 0.0490. The number of oxime groups is 1. The lowest BCUT2D eigenvalue weighted by Gasteiger charge is -2.06. The molecule has 0 saturated heterocycles. The molecule has 0 heterocycles. The molecule has 1 rings (SSSR count). The minimum Gasteiger partial charge on any atom is -0.409 e. The summed E-state index contributed by atoms with van der Waals surface area (Å²) in [5, 5.41) is 14.1. The van der Waals surface area contributed by atoms with E-state index >= 15 is 0 Å². The second-order valence-corrected chi connectivity index (χ2v) is 3.76. The van der Waals surface area contributed by atoms with Crippen LogP contribution in [-0.2, 0) is 16.0 Å². The van der Waals surface area contributed by atoms with Crippen LogP contribution in [0.3, 0.4) is 0 Å². The molecule has 1 aromatic rings. The normalized spacial score (nSPS) is 11.3. The van der Waals surface area contributed by atoms with Gasteiger partial charge in [0.2, 0.25) is 5.91 Å². The molecule has 0 radical (unpaired) electrons. The number of carbonyl (C=O) groups is 1. The van der Waals surface area contributed by atoms with Gasteiger partial charge in [-0.25, -0.2) is 0 Å². The SMILES string of the molecule is COCCC(=O)Nc1ccc(CC(N)=NO)cc1. The fourth-order valence-corrected chi connectivity index (χ4v) is 1.37. The Morgan fingerprint density at radius 1 is 1.44 bits per heavy atom. The van der Waals surface area contributed by atoms with Crippen LogP contribution in [0.4, 0.5) is 5.69 Å². The van der Waals surface area contributed by atoms with Crippen molar-refractivity contribution >= 4 is 17.4 Å². The average molecular weight is 251 g/mol. The first-order chi connectivity index (χ1) is 8.65. The van der Waals surface area contributed by atoms with Crippen LogP contribution in [0, 0.1) is 0 Å². The molecule has 4 N–H and O–H groups in total. The first-order valence-electron chi connectivity index (χ1n) is 5.50. The van der Waals surface area contributed by atoms with E-state index in [1.54, 1.807) is 19.2 Å². The zero-order chi connectivity index (χ0) is 13.4. The van der Waals surface area contributed by atoms with Crippen molar-refractivity contribution in [2.45, 2.75) is 12.8 Å². The highest BCUT2D eigenvalue weighted by molar-refractivity contribution is 5.90. The Balaban J connectivity index is 2.52. The lowest BCUT2D eigenvalue weighted by atomic mass is 10.1. The number of methoxy groups -OCH3 is 1. The molecule has 1 amide bonds. The Kier molecular flexibility index (Phi) is 5.66. The molecule has 0 aliphatic carbocycles. The highest BCUT2D eigenvalue weighted by Gasteiger charge is 2.02. The van der Waals surface area contributed by atoms with Crippen molar-refractivity contribution in [1.29, 1.82) is 0 Å². The molecule has 18 heavy (non-hydrogen) atoms. The molecular weight excluding hydrogens is 234 g/mol. The van der Waals surface area contributed by atoms with Gasteiger partial charge in [-0.3, -0.25) is 4.79 Å². The molecule has 98 valence electrons. The van der Waals surface area contributed by atoms with Crippen LogP contribution in [-0.4, -0.2) is 30.7 Å². The predicted molar refractivity (Wildman–Crippen MR) is 68.7 cm³/mol. The fraction of sp³-hybridized carbons (Fsp3) is 0.333. The first-order valence-corrected chi connectivity index (χ1v) is 5.50. The second-order valence-electron chi connectivity index (χ2n) is 3.76. The average Bonchev–Trinajstić information content (AvgIpc) is 2.38. The number of hydrogen-bond acceptors (Lipinski definition) is 4. The van der Waals surface area contributed by atoms with Crippen LogP contribution in [0.1, 0.15) is 12.0 Å². The molecule has 6 heteroatoms. The van der Waals surface area contributed by atoms with Crippen molar-refractivity contribution in [2.24, 2.45) is 10.9 Å². The smallest absolute Gasteiger partial charge is 0.226 e. The maximum atomic E-state index is 11.4. The zero-order valence-corrected chi connectivity index (χ0v) is 10.2. The topological polar surface area (TPSA) is 96.9 Å². The van der Waals surface area contributed by atoms with E-state index in [9.17, 15) is 4.79 Å². The van der Waals surface area contributed by atoms with Crippen LogP contribution in [0.15, 0.2) is 29.4 Å². The maximum absolute atomic E-state index is 11.4. The number of amides is 1. The minimum absolute atomic E-state index is 0.0963. The predicted octanol–water partition coefficient (Wildman–Crippen LogP) is 0.950. The first kappa shape index (κ1) is 14.0. The zero-order valence-electron chi connectivity index (χ0n) is 10.2. The van der Waals surface area contributed by atoms with Gasteiger partial charge >= 0.3 is 0 Å². The Morgan fingerprint density at radius 2 is 2.11 bits per heavy atom. The number of rotatable bonds is 6. The van der Waals surface area contributed by atoms with Crippen LogP contribution < -0.4 is 11.1 Å². The monoisotopic (exact) mass is 251 g/mol. The van der Waals surface area contributed by atoms with E-state index in [1.165, 1.54) is 0 Å². The molecule has 0 aliphatic rings. The van der Waals surface area contributed by atoms with E-state index in [4.69, 9.17) is 15.7 Å². The van der Waals surface area contributed by atoms with Crippen molar-refractivity contribution in [3.63, 3.8) is 0 Å². The van der Waals surface area contributed by atoms with Crippen LogP contribution in [0.25, 0.3) is 0 Å². The molecule has 6 nitrogen and oxygen atoms in total. The molecule has 0 aromatic heterocycles. The highest BCUT2D eigenvalue weighted by Crippen LogP contribution is 2.10. The molecule has 0 saturated carbocycles. The summed E-state index contributed by atoms with van der Waals surface area (Å²) >= 11 is 0. The van der Waals surface area contributed by atoms with Gasteiger partial charge in [0, 0.05) is 19.2 Å². The minimum atomic E-state index is -0.0963. The van der Waals surface area contributed by atoms with Crippen LogP contribution >= 0.6 is 0 Å². The second kappa shape index (κ2) is 7.29. The van der Waals surface area contributed by atoms with Gasteiger partial charge in [0.1, 0.15) is 5.84 Å². The van der Waals surface area contributed by atoms with Crippen molar-refractivity contribution in [1.82, 2.24) is 0 Å². The van der Waals surface area contributed by atoms with Gasteiger partial charge in [-0.05, 0) is 17.7 Å². The number of nitrogens with one attached hydrogen (secondary N) is 1. The number of hydrogen-bond donors (Lipinski definition) is 3. The summed E-state index contributed by atoms with van der Waals surface area (Å²) < 4.78 is 4.81. The molecule has 1 aromatic carbocycles. The van der Waals surface area contributed by atoms with Crippen molar-refractivity contribution in [2.75, 3.05) is 19.0 Å². The van der Waals surface area contributed by atoms with Gasteiger partial charge < -0.3 is 21.0 Å². The van der Waals surface area contributed by atoms with E-state index in [0.29, 0.717) is 25.1 Å². The van der Waals surface area contributed by atoms with Gasteiger partial charge in [0.25, 0.3) is 0 Å². The summed E-state index contributed by atoms with van der Waals surface area (Å²) in [4.78, 5) is 11.4. The molecular formula is C12H17N3O3. The molecule has 0 bridgehead atoms. The van der Waals surface area contributed by atoms with Crippen molar-refractivity contribution in [3.8, 4) is 0 Å². The number of benzene rings is 1. The van der Waals surface area contributed by atoms with E-state index in [-0.39, 0.29) is 11.7 Å². The number of carbonyl (C=O) groups excluding carboxylic acids is 1. The van der Waals surface area contributed by atoms with Crippen LogP contribution in [0.5, 0.6) is 0 Å². The number of ether oxygens (including phenoxy) is 1. The lowest BCUT2D eigenvalue weighted by Crippen LogP contribution is -2.15. The van der Waals surface area contributed by atoms with Gasteiger partial charge in [-0.2, -0.15) is 0 Å². The molecule has 0 aliphatic heterocycles. The number of nitrogens with two attached hydrogens (primary N) is 1. The van der Waals surface area contributed by atoms with E-state index < -0.39 is 0 Å². The summed E-state index contributed by atoms with van der Waals surface area (Å²) in [6.45, 7) is 0.396. The molecule has 0 atom stereocenters. The highest BCUT2D eigenvalue weighted by atomic mass is 16.5. The quantitative estimate of drug-likeness (QED) is 0.303. The number of amidine groups is 1. The third-order valence-corrected chi connectivity index (χ3v) is 2.28. The Morgan fingerprint density at radius 3 is 2.67 bits per heavy atom. The summed E-state index contributed by atoms with van der Waals surface area (Å²) in [6, 6.07) is 7.16. The largest absolute Gasteiger partial charge is 0.409 e. The summed E-state index contributed by atoms with van der Waals surface area (Å²) in [6.07, 6.45) is 0.691. The van der Waals surface area contributed by atoms with Crippen LogP contribution in [0.2, 0.25) is 0 Å². The Bertz CT molecular complexity index is 415. The Labute approximate surface area is 105 Å². The number of nitrogens with zero attached hydrogens (tertiary/aromatic N) is 1. The van der Waals surface area contributed by atoms with Gasteiger partial charge in [0.15, 0.2) is 0 Å². The lowest BCUT2D eigenvalue weighted by molar-refractivity contribution is -0.117. The van der Waals surface area contributed by atoms with Gasteiger partial charge in [-0.1, -0.05) is 17.3 Å². The third-order valence-electron chi connectivity index (χ3n) is 2.28. The van der Waals surface area contributed by atoms with E-state index in [1.807, 2.05) is 12.1 Å². The third kappa shape index (κ3) is 4.84. The van der Waals surface area contributed by atoms with E-state index in [2.05, 4.69) is 10.5 Å². The van der Waals surface area contributed by atoms with Crippen molar-refractivity contribution in [3.05, 3.63) is 29.8 Å². The molecule has 0 spiro atoms. The molecule has 0 fully saturated rings. The van der Waals surface area contributed by atoms with Crippen molar-refractivity contribution < 1.29 is 14.7 Å². The van der Waals surface area contributed by atoms with Gasteiger partial charge in [0.05, 0.1) is 13.0 Å². The summed E-state index contributed by atoms with van der Waals surface area (Å²) in [7, 11) is 1.55. The number of anilines is 1. The Hall–Kier alpha value is -2.08. The molecule has 0 unspecified atom stereocenters. The van der Waals surface area contributed by atoms with E-state index in [0.717, 1.165) is 5.56 Å². The fourth-order valence-electron chi connectivity index (χ4n) is 1.37. The van der Waals surface area contributed by atoms with Gasteiger partial charge in [-0.15, -0.1) is 0 Å². The standard InChI is InChI=1S/C12H17N3O3/c1-18-7-6-12(16)14-10-4-2-9(3-5-10)8-11(13)15-17/h2-5,17H,6-8H2,1H3,(H2,13,15)(H,14,16). The summed E-state index contributed by atoms with van der Waals surface area (Å²) in [5.41, 5.74) is 7.01. The maximum Gasteiger partial charge on any atom is 0.226 e.